The van der Waals surface area contributed by atoms with Crippen molar-refractivity contribution < 1.29 is 9.90 Å². The van der Waals surface area contributed by atoms with Gasteiger partial charge >= 0.3 is 5.97 Å². The van der Waals surface area contributed by atoms with Crippen molar-refractivity contribution in [1.82, 2.24) is 4.98 Å². The summed E-state index contributed by atoms with van der Waals surface area (Å²) in [5, 5.41) is 12.4. The number of carbonyl (C=O) groups is 1. The second kappa shape index (κ2) is 6.47. The number of anilines is 2. The third-order valence-electron chi connectivity index (χ3n) is 4.04. The van der Waals surface area contributed by atoms with E-state index in [1.54, 1.807) is 6.20 Å². The van der Waals surface area contributed by atoms with Gasteiger partial charge in [0.15, 0.2) is 0 Å². The molecule has 1 aromatic heterocycles. The fraction of sp³-hybridized carbons (Fsp3) is 0.294. The number of rotatable bonds is 5. The van der Waals surface area contributed by atoms with Gasteiger partial charge < -0.3 is 15.3 Å². The van der Waals surface area contributed by atoms with Crippen LogP contribution < -0.4 is 10.2 Å². The van der Waals surface area contributed by atoms with Gasteiger partial charge in [-0.25, -0.2) is 4.79 Å². The molecule has 3 rings (SSSR count). The Morgan fingerprint density at radius 2 is 2.14 bits per heavy atom. The first-order chi connectivity index (χ1) is 10.7. The van der Waals surface area contributed by atoms with Crippen molar-refractivity contribution in [3.8, 4) is 0 Å². The molecule has 1 fully saturated rings. The van der Waals surface area contributed by atoms with Crippen molar-refractivity contribution in [2.24, 2.45) is 5.92 Å². The molecule has 0 bridgehead atoms. The number of pyridine rings is 1. The molecule has 22 heavy (non-hydrogen) atoms. The molecule has 0 amide bonds. The molecule has 5 heteroatoms. The number of nitrogens with one attached hydrogen (secondary N) is 1. The zero-order valence-corrected chi connectivity index (χ0v) is 12.3. The molecule has 0 spiro atoms. The molecule has 0 saturated carbocycles. The van der Waals surface area contributed by atoms with Gasteiger partial charge in [0.05, 0.1) is 17.4 Å². The van der Waals surface area contributed by atoms with Crippen LogP contribution in [0.3, 0.4) is 0 Å². The standard InChI is InChI=1S/C17H19N3O2/c21-17(22)15-6-8-18-11-16(15)19-10-13-7-9-20(12-13)14-4-2-1-3-5-14/h1-6,8,11,13,19H,7,9-10,12H2,(H,21,22). The van der Waals surface area contributed by atoms with E-state index in [1.807, 2.05) is 6.07 Å². The lowest BCUT2D eigenvalue weighted by atomic mass is 10.1. The van der Waals surface area contributed by atoms with E-state index in [2.05, 4.69) is 39.5 Å². The number of nitrogens with zero attached hydrogens (tertiary/aromatic N) is 2. The van der Waals surface area contributed by atoms with Crippen LogP contribution in [0, 0.1) is 5.92 Å². The fourth-order valence-corrected chi connectivity index (χ4v) is 2.85. The number of para-hydroxylation sites is 1. The van der Waals surface area contributed by atoms with Crippen LogP contribution in [0.1, 0.15) is 16.8 Å². The molecule has 0 aliphatic carbocycles. The van der Waals surface area contributed by atoms with Gasteiger partial charge in [-0.2, -0.15) is 0 Å². The lowest BCUT2D eigenvalue weighted by Crippen LogP contribution is -2.22. The van der Waals surface area contributed by atoms with E-state index >= 15 is 0 Å². The van der Waals surface area contributed by atoms with Gasteiger partial charge in [-0.3, -0.25) is 4.98 Å². The van der Waals surface area contributed by atoms with Crippen molar-refractivity contribution in [3.63, 3.8) is 0 Å². The largest absolute Gasteiger partial charge is 0.478 e. The summed E-state index contributed by atoms with van der Waals surface area (Å²) in [7, 11) is 0. The van der Waals surface area contributed by atoms with E-state index in [4.69, 9.17) is 0 Å². The molecule has 2 heterocycles. The lowest BCUT2D eigenvalue weighted by Gasteiger charge is -2.19. The van der Waals surface area contributed by atoms with E-state index in [0.717, 1.165) is 26.1 Å². The van der Waals surface area contributed by atoms with Crippen LogP contribution >= 0.6 is 0 Å². The Labute approximate surface area is 129 Å². The summed E-state index contributed by atoms with van der Waals surface area (Å²) in [5.74, 6) is -0.427. The van der Waals surface area contributed by atoms with Crippen molar-refractivity contribution in [3.05, 3.63) is 54.4 Å². The highest BCUT2D eigenvalue weighted by molar-refractivity contribution is 5.93. The van der Waals surface area contributed by atoms with Crippen LogP contribution in [0.5, 0.6) is 0 Å². The molecule has 2 aromatic rings. The molecule has 114 valence electrons. The number of aromatic carboxylic acids is 1. The highest BCUT2D eigenvalue weighted by Crippen LogP contribution is 2.24. The maximum Gasteiger partial charge on any atom is 0.337 e. The summed E-state index contributed by atoms with van der Waals surface area (Å²) >= 11 is 0. The Balaban J connectivity index is 1.59. The molecular formula is C17H19N3O2. The van der Waals surface area contributed by atoms with Gasteiger partial charge in [-0.15, -0.1) is 0 Å². The van der Waals surface area contributed by atoms with Crippen LogP contribution in [-0.4, -0.2) is 35.7 Å². The van der Waals surface area contributed by atoms with Gasteiger partial charge in [-0.1, -0.05) is 18.2 Å². The van der Waals surface area contributed by atoms with Crippen molar-refractivity contribution >= 4 is 17.3 Å². The molecule has 0 radical (unpaired) electrons. The van der Waals surface area contributed by atoms with E-state index in [9.17, 15) is 9.90 Å². The first-order valence-corrected chi connectivity index (χ1v) is 7.45. The summed E-state index contributed by atoms with van der Waals surface area (Å²) < 4.78 is 0. The molecule has 2 N–H and O–H groups in total. The summed E-state index contributed by atoms with van der Waals surface area (Å²) in [6.07, 6.45) is 4.18. The topological polar surface area (TPSA) is 65.5 Å². The minimum absolute atomic E-state index is 0.271. The second-order valence-electron chi connectivity index (χ2n) is 5.54. The van der Waals surface area contributed by atoms with Gasteiger partial charge in [0.2, 0.25) is 0 Å². The average molecular weight is 297 g/mol. The van der Waals surface area contributed by atoms with E-state index in [0.29, 0.717) is 11.6 Å². The monoisotopic (exact) mass is 297 g/mol. The first kappa shape index (κ1) is 14.4. The van der Waals surface area contributed by atoms with Gasteiger partial charge in [-0.05, 0) is 30.5 Å². The Bertz CT molecular complexity index is 645. The smallest absolute Gasteiger partial charge is 0.337 e. The zero-order valence-electron chi connectivity index (χ0n) is 12.3. The minimum atomic E-state index is -0.928. The predicted octanol–water partition coefficient (Wildman–Crippen LogP) is 2.72. The summed E-state index contributed by atoms with van der Waals surface area (Å²) in [6.45, 7) is 2.78. The van der Waals surface area contributed by atoms with E-state index < -0.39 is 5.97 Å². The Morgan fingerprint density at radius 3 is 2.91 bits per heavy atom. The van der Waals surface area contributed by atoms with Gasteiger partial charge in [0.25, 0.3) is 0 Å². The van der Waals surface area contributed by atoms with Crippen molar-refractivity contribution in [2.45, 2.75) is 6.42 Å². The molecule has 1 aromatic carbocycles. The molecule has 1 saturated heterocycles. The molecule has 1 aliphatic heterocycles. The average Bonchev–Trinajstić information content (AvgIpc) is 3.03. The number of carboxylic acids is 1. The van der Waals surface area contributed by atoms with Crippen molar-refractivity contribution in [2.75, 3.05) is 29.9 Å². The number of aromatic nitrogens is 1. The predicted molar refractivity (Wildman–Crippen MR) is 86.4 cm³/mol. The molecule has 1 atom stereocenters. The van der Waals surface area contributed by atoms with Crippen LogP contribution in [0.25, 0.3) is 0 Å². The second-order valence-corrected chi connectivity index (χ2v) is 5.54. The Hall–Kier alpha value is -2.56. The van der Waals surface area contributed by atoms with Gasteiger partial charge in [0, 0.05) is 31.5 Å². The quantitative estimate of drug-likeness (QED) is 0.888. The minimum Gasteiger partial charge on any atom is -0.478 e. The van der Waals surface area contributed by atoms with E-state index in [-0.39, 0.29) is 5.56 Å². The van der Waals surface area contributed by atoms with Crippen LogP contribution in [0.15, 0.2) is 48.8 Å². The summed E-state index contributed by atoms with van der Waals surface area (Å²) in [6, 6.07) is 11.9. The molecule has 1 aliphatic rings. The maximum absolute atomic E-state index is 11.2. The number of hydrogen-bond donors (Lipinski definition) is 2. The van der Waals surface area contributed by atoms with Crippen molar-refractivity contribution in [1.29, 1.82) is 0 Å². The van der Waals surface area contributed by atoms with Crippen LogP contribution in [-0.2, 0) is 0 Å². The molecular weight excluding hydrogens is 278 g/mol. The zero-order chi connectivity index (χ0) is 15.4. The number of carboxylic acid groups (broad SMARTS) is 1. The summed E-state index contributed by atoms with van der Waals surface area (Å²) in [5.41, 5.74) is 2.11. The number of benzene rings is 1. The molecule has 5 nitrogen and oxygen atoms in total. The fourth-order valence-electron chi connectivity index (χ4n) is 2.85. The SMILES string of the molecule is O=C(O)c1ccncc1NCC1CCN(c2ccccc2)C1. The first-order valence-electron chi connectivity index (χ1n) is 7.45. The van der Waals surface area contributed by atoms with Crippen LogP contribution in [0.4, 0.5) is 11.4 Å². The Kier molecular flexibility index (Phi) is 4.23. The van der Waals surface area contributed by atoms with Gasteiger partial charge in [0.1, 0.15) is 0 Å². The van der Waals surface area contributed by atoms with Crippen LogP contribution in [0.2, 0.25) is 0 Å². The molecule has 1 unspecified atom stereocenters. The number of hydrogen-bond acceptors (Lipinski definition) is 4. The third kappa shape index (κ3) is 3.19. The highest BCUT2D eigenvalue weighted by atomic mass is 16.4. The highest BCUT2D eigenvalue weighted by Gasteiger charge is 2.22. The Morgan fingerprint density at radius 1 is 1.32 bits per heavy atom. The van der Waals surface area contributed by atoms with E-state index in [1.165, 1.54) is 18.0 Å². The third-order valence-corrected chi connectivity index (χ3v) is 4.04. The normalized spacial score (nSPS) is 17.5. The summed E-state index contributed by atoms with van der Waals surface area (Å²) in [4.78, 5) is 17.5. The maximum atomic E-state index is 11.2. The lowest BCUT2D eigenvalue weighted by molar-refractivity contribution is 0.0698.